The van der Waals surface area contributed by atoms with Gasteiger partial charge in [-0.3, -0.25) is 13.9 Å². The van der Waals surface area contributed by atoms with Gasteiger partial charge in [-0.1, -0.05) is 59.8 Å². The second-order valence-corrected chi connectivity index (χ2v) is 11.9. The van der Waals surface area contributed by atoms with E-state index in [1.165, 1.54) is 23.1 Å². The smallest absolute Gasteiger partial charge is 0.244 e. The van der Waals surface area contributed by atoms with Gasteiger partial charge in [-0.05, 0) is 55.7 Å². The number of halogens is 3. The van der Waals surface area contributed by atoms with E-state index in [1.807, 2.05) is 0 Å². The van der Waals surface area contributed by atoms with Crippen LogP contribution in [0, 0.1) is 0 Å². The van der Waals surface area contributed by atoms with Crippen LogP contribution in [0.3, 0.4) is 0 Å². The molecule has 190 valence electrons. The Hall–Kier alpha value is -2.00. The minimum absolute atomic E-state index is 0.0813. The molecule has 0 spiro atoms. The van der Waals surface area contributed by atoms with Crippen LogP contribution in [-0.4, -0.2) is 50.0 Å². The monoisotopic (exact) mass is 559 g/mol. The molecule has 0 saturated heterocycles. The van der Waals surface area contributed by atoms with Crippen LogP contribution in [0.5, 0.6) is 0 Å². The van der Waals surface area contributed by atoms with Crippen LogP contribution in [0.1, 0.15) is 38.2 Å². The zero-order valence-electron chi connectivity index (χ0n) is 19.5. The number of nitrogens with one attached hydrogen (secondary N) is 1. The zero-order chi connectivity index (χ0) is 25.8. The van der Waals surface area contributed by atoms with Crippen molar-refractivity contribution in [2.75, 3.05) is 17.1 Å². The summed E-state index contributed by atoms with van der Waals surface area (Å²) in [6.07, 6.45) is 4.90. The molecule has 1 aliphatic rings. The van der Waals surface area contributed by atoms with E-state index >= 15 is 0 Å². The Balaban J connectivity index is 1.89. The van der Waals surface area contributed by atoms with Gasteiger partial charge in [0.15, 0.2) is 0 Å². The number of anilines is 1. The van der Waals surface area contributed by atoms with Crippen LogP contribution in [0.2, 0.25) is 15.1 Å². The quantitative estimate of drug-likeness (QED) is 0.473. The van der Waals surface area contributed by atoms with E-state index in [2.05, 4.69) is 5.32 Å². The molecule has 3 rings (SSSR count). The van der Waals surface area contributed by atoms with Gasteiger partial charge >= 0.3 is 0 Å². The molecule has 1 saturated carbocycles. The zero-order valence-corrected chi connectivity index (χ0v) is 22.6. The predicted molar refractivity (Wildman–Crippen MR) is 141 cm³/mol. The average Bonchev–Trinajstić information content (AvgIpc) is 3.29. The summed E-state index contributed by atoms with van der Waals surface area (Å²) in [6.45, 7) is 1.20. The van der Waals surface area contributed by atoms with E-state index in [4.69, 9.17) is 34.8 Å². The first-order valence-electron chi connectivity index (χ1n) is 11.2. The Labute approximate surface area is 221 Å². The number of benzene rings is 2. The Morgan fingerprint density at radius 1 is 1.03 bits per heavy atom. The van der Waals surface area contributed by atoms with Gasteiger partial charge in [0.1, 0.15) is 12.6 Å². The molecule has 11 heteroatoms. The van der Waals surface area contributed by atoms with Gasteiger partial charge in [0.05, 0.1) is 17.0 Å². The number of nitrogens with zero attached hydrogens (tertiary/aromatic N) is 2. The van der Waals surface area contributed by atoms with Gasteiger partial charge in [-0.2, -0.15) is 0 Å². The number of hydrogen-bond donors (Lipinski definition) is 1. The maximum Gasteiger partial charge on any atom is 0.244 e. The van der Waals surface area contributed by atoms with Crippen LogP contribution in [0.4, 0.5) is 5.69 Å². The van der Waals surface area contributed by atoms with Crippen LogP contribution in [0.25, 0.3) is 0 Å². The van der Waals surface area contributed by atoms with Crippen molar-refractivity contribution in [3.8, 4) is 0 Å². The number of hydrogen-bond acceptors (Lipinski definition) is 4. The van der Waals surface area contributed by atoms with Gasteiger partial charge < -0.3 is 10.2 Å². The standard InChI is InChI=1S/C24H28Cl3N3O4S/c1-16(24(32)28-20-5-3-4-6-20)29(14-17-7-9-18(25)10-8-17)23(31)15-30(35(2,33)34)22-12-11-19(26)13-21(22)27/h7-13,16,20H,3-6,14-15H2,1-2H3,(H,28,32)/t16-/m1/s1. The number of rotatable bonds is 9. The molecule has 0 heterocycles. The lowest BCUT2D eigenvalue weighted by atomic mass is 10.1. The van der Waals surface area contributed by atoms with Crippen molar-refractivity contribution in [3.63, 3.8) is 0 Å². The number of sulfonamides is 1. The average molecular weight is 561 g/mol. The van der Waals surface area contributed by atoms with Crippen LogP contribution in [0.15, 0.2) is 42.5 Å². The van der Waals surface area contributed by atoms with E-state index in [-0.39, 0.29) is 29.2 Å². The lowest BCUT2D eigenvalue weighted by Gasteiger charge is -2.32. The van der Waals surface area contributed by atoms with Gasteiger partial charge in [0.25, 0.3) is 0 Å². The lowest BCUT2D eigenvalue weighted by Crippen LogP contribution is -2.52. The second kappa shape index (κ2) is 11.8. The molecule has 2 aromatic rings. The first-order valence-corrected chi connectivity index (χ1v) is 14.2. The van der Waals surface area contributed by atoms with E-state index in [9.17, 15) is 18.0 Å². The second-order valence-electron chi connectivity index (χ2n) is 8.68. The Morgan fingerprint density at radius 3 is 2.20 bits per heavy atom. The molecule has 1 fully saturated rings. The normalized spacial score (nSPS) is 15.0. The van der Waals surface area contributed by atoms with E-state index < -0.39 is 28.5 Å². The molecule has 2 amide bonds. The molecular formula is C24H28Cl3N3O4S. The molecule has 1 N–H and O–H groups in total. The van der Waals surface area contributed by atoms with Crippen molar-refractivity contribution in [1.82, 2.24) is 10.2 Å². The largest absolute Gasteiger partial charge is 0.352 e. The molecule has 0 aromatic heterocycles. The third kappa shape index (κ3) is 7.49. The summed E-state index contributed by atoms with van der Waals surface area (Å²) >= 11 is 18.2. The topological polar surface area (TPSA) is 86.8 Å². The van der Waals surface area contributed by atoms with Crippen molar-refractivity contribution < 1.29 is 18.0 Å². The summed E-state index contributed by atoms with van der Waals surface area (Å²) in [5.41, 5.74) is 0.875. The minimum Gasteiger partial charge on any atom is -0.352 e. The summed E-state index contributed by atoms with van der Waals surface area (Å²) in [5, 5.41) is 3.98. The summed E-state index contributed by atoms with van der Waals surface area (Å²) in [4.78, 5) is 28.0. The summed E-state index contributed by atoms with van der Waals surface area (Å²) < 4.78 is 26.2. The Morgan fingerprint density at radius 2 is 1.63 bits per heavy atom. The molecule has 0 aliphatic heterocycles. The molecule has 0 radical (unpaired) electrons. The fourth-order valence-corrected chi connectivity index (χ4v) is 5.59. The van der Waals surface area contributed by atoms with Gasteiger partial charge in [-0.15, -0.1) is 0 Å². The molecular weight excluding hydrogens is 533 g/mol. The fourth-order valence-electron chi connectivity index (χ4n) is 4.04. The molecule has 1 atom stereocenters. The number of carbonyl (C=O) groups is 2. The van der Waals surface area contributed by atoms with Gasteiger partial charge in [0.2, 0.25) is 21.8 Å². The van der Waals surface area contributed by atoms with Crippen molar-refractivity contribution in [2.45, 2.75) is 51.2 Å². The summed E-state index contributed by atoms with van der Waals surface area (Å²) in [7, 11) is -3.88. The number of amides is 2. The van der Waals surface area contributed by atoms with Gasteiger partial charge in [0, 0.05) is 22.6 Å². The van der Waals surface area contributed by atoms with Crippen molar-refractivity contribution in [3.05, 3.63) is 63.1 Å². The van der Waals surface area contributed by atoms with Crippen molar-refractivity contribution in [1.29, 1.82) is 0 Å². The predicted octanol–water partition coefficient (Wildman–Crippen LogP) is 4.89. The molecule has 35 heavy (non-hydrogen) atoms. The Kier molecular flexibility index (Phi) is 9.32. The molecule has 7 nitrogen and oxygen atoms in total. The van der Waals surface area contributed by atoms with Crippen molar-refractivity contribution in [2.24, 2.45) is 0 Å². The molecule has 2 aromatic carbocycles. The van der Waals surface area contributed by atoms with E-state index in [0.29, 0.717) is 10.0 Å². The first kappa shape index (κ1) is 27.6. The van der Waals surface area contributed by atoms with E-state index in [1.54, 1.807) is 31.2 Å². The first-order chi connectivity index (χ1) is 16.5. The Bertz CT molecular complexity index is 1170. The fraction of sp³-hybridized carbons (Fsp3) is 0.417. The summed E-state index contributed by atoms with van der Waals surface area (Å²) in [6, 6.07) is 10.5. The van der Waals surface area contributed by atoms with Gasteiger partial charge in [-0.25, -0.2) is 8.42 Å². The third-order valence-electron chi connectivity index (χ3n) is 5.99. The molecule has 0 bridgehead atoms. The highest BCUT2D eigenvalue weighted by atomic mass is 35.5. The van der Waals surface area contributed by atoms with Crippen LogP contribution in [-0.2, 0) is 26.2 Å². The highest BCUT2D eigenvalue weighted by molar-refractivity contribution is 7.92. The van der Waals surface area contributed by atoms with E-state index in [0.717, 1.165) is 41.8 Å². The highest BCUT2D eigenvalue weighted by Crippen LogP contribution is 2.30. The number of carbonyl (C=O) groups excluding carboxylic acids is 2. The molecule has 1 aliphatic carbocycles. The molecule has 0 unspecified atom stereocenters. The van der Waals surface area contributed by atoms with Crippen LogP contribution < -0.4 is 9.62 Å². The maximum absolute atomic E-state index is 13.6. The summed E-state index contributed by atoms with van der Waals surface area (Å²) in [5.74, 6) is -0.833. The minimum atomic E-state index is -3.88. The third-order valence-corrected chi connectivity index (χ3v) is 7.91. The maximum atomic E-state index is 13.6. The van der Waals surface area contributed by atoms with Crippen molar-refractivity contribution >= 4 is 62.3 Å². The van der Waals surface area contributed by atoms with Crippen LogP contribution >= 0.6 is 34.8 Å². The lowest BCUT2D eigenvalue weighted by molar-refractivity contribution is -0.139. The SMILES string of the molecule is C[C@H](C(=O)NC1CCCC1)N(Cc1ccc(Cl)cc1)C(=O)CN(c1ccc(Cl)cc1Cl)S(C)(=O)=O. The highest BCUT2D eigenvalue weighted by Gasteiger charge is 2.32.